The lowest BCUT2D eigenvalue weighted by atomic mass is 10.2. The average Bonchev–Trinajstić information content (AvgIpc) is 2.41. The first-order chi connectivity index (χ1) is 8.79. The highest BCUT2D eigenvalue weighted by Crippen LogP contribution is 2.09. The number of carbonyl (C=O) groups is 1. The molecule has 18 heavy (non-hydrogen) atoms. The van der Waals surface area contributed by atoms with Gasteiger partial charge < -0.3 is 19.5 Å². The molecule has 0 aliphatic carbocycles. The van der Waals surface area contributed by atoms with E-state index in [-0.39, 0.29) is 25.2 Å². The van der Waals surface area contributed by atoms with Crippen molar-refractivity contribution < 1.29 is 19.4 Å². The predicted octanol–water partition coefficient (Wildman–Crippen LogP) is -1.07. The first-order valence-corrected chi connectivity index (χ1v) is 6.60. The van der Waals surface area contributed by atoms with Gasteiger partial charge in [-0.25, -0.2) is 0 Å². The molecular formula is C12H22N2O4. The largest absolute Gasteiger partial charge is 0.396 e. The highest BCUT2D eigenvalue weighted by atomic mass is 16.5. The van der Waals surface area contributed by atoms with Gasteiger partial charge in [0.15, 0.2) is 0 Å². The van der Waals surface area contributed by atoms with Gasteiger partial charge in [-0.05, 0) is 6.42 Å². The lowest BCUT2D eigenvalue weighted by Crippen LogP contribution is -2.50. The van der Waals surface area contributed by atoms with Gasteiger partial charge >= 0.3 is 0 Å². The van der Waals surface area contributed by atoms with Crippen molar-refractivity contribution in [3.05, 3.63) is 0 Å². The smallest absolute Gasteiger partial charge is 0.248 e. The topological polar surface area (TPSA) is 62.2 Å². The number of amides is 1. The van der Waals surface area contributed by atoms with E-state index in [2.05, 4.69) is 4.90 Å². The summed E-state index contributed by atoms with van der Waals surface area (Å²) < 4.78 is 10.7. The molecule has 104 valence electrons. The van der Waals surface area contributed by atoms with Gasteiger partial charge in [0.25, 0.3) is 0 Å². The zero-order valence-corrected chi connectivity index (χ0v) is 10.7. The fraction of sp³-hybridized carbons (Fsp3) is 0.917. The Morgan fingerprint density at radius 2 is 2.06 bits per heavy atom. The summed E-state index contributed by atoms with van der Waals surface area (Å²) in [5.41, 5.74) is 0. The second kappa shape index (κ2) is 7.04. The molecule has 1 atom stereocenters. The molecule has 0 spiro atoms. The Hall–Kier alpha value is -0.690. The van der Waals surface area contributed by atoms with E-state index in [1.54, 1.807) is 0 Å². The summed E-state index contributed by atoms with van der Waals surface area (Å²) in [6.07, 6.45) is 0.582. The Bertz CT molecular complexity index is 269. The normalized spacial score (nSPS) is 26.6. The monoisotopic (exact) mass is 258 g/mol. The van der Waals surface area contributed by atoms with Crippen LogP contribution in [0.5, 0.6) is 0 Å². The third-order valence-corrected chi connectivity index (χ3v) is 3.46. The molecule has 2 rings (SSSR count). The number of hydrogen-bond acceptors (Lipinski definition) is 5. The van der Waals surface area contributed by atoms with E-state index in [4.69, 9.17) is 14.6 Å². The zero-order chi connectivity index (χ0) is 12.8. The van der Waals surface area contributed by atoms with Gasteiger partial charge in [0, 0.05) is 39.3 Å². The van der Waals surface area contributed by atoms with E-state index in [9.17, 15) is 4.79 Å². The van der Waals surface area contributed by atoms with Crippen LogP contribution < -0.4 is 0 Å². The van der Waals surface area contributed by atoms with Crippen molar-refractivity contribution in [1.82, 2.24) is 9.80 Å². The van der Waals surface area contributed by atoms with E-state index in [1.165, 1.54) is 0 Å². The van der Waals surface area contributed by atoms with Gasteiger partial charge in [-0.2, -0.15) is 0 Å². The number of aliphatic hydroxyl groups is 1. The standard InChI is InChI=1S/C12H22N2O4/c15-6-1-11-9-14(12(16)10-18-11)3-2-13-4-7-17-8-5-13/h11,15H,1-10H2. The summed E-state index contributed by atoms with van der Waals surface area (Å²) >= 11 is 0. The Morgan fingerprint density at radius 1 is 1.28 bits per heavy atom. The molecule has 0 bridgehead atoms. The molecule has 0 aromatic rings. The van der Waals surface area contributed by atoms with Crippen molar-refractivity contribution in [3.8, 4) is 0 Å². The molecule has 1 amide bonds. The summed E-state index contributed by atoms with van der Waals surface area (Å²) in [5, 5.41) is 8.90. The van der Waals surface area contributed by atoms with Crippen molar-refractivity contribution in [2.75, 3.05) is 59.2 Å². The quantitative estimate of drug-likeness (QED) is 0.680. The number of aliphatic hydroxyl groups excluding tert-OH is 1. The maximum absolute atomic E-state index is 11.7. The number of hydrogen-bond donors (Lipinski definition) is 1. The van der Waals surface area contributed by atoms with Crippen LogP contribution in [0.4, 0.5) is 0 Å². The van der Waals surface area contributed by atoms with Crippen LogP contribution in [-0.4, -0.2) is 86.1 Å². The minimum Gasteiger partial charge on any atom is -0.396 e. The third kappa shape index (κ3) is 3.91. The lowest BCUT2D eigenvalue weighted by molar-refractivity contribution is -0.150. The second-order valence-corrected chi connectivity index (χ2v) is 4.74. The van der Waals surface area contributed by atoms with Crippen LogP contribution in [0.1, 0.15) is 6.42 Å². The minimum absolute atomic E-state index is 0.0163. The van der Waals surface area contributed by atoms with Gasteiger partial charge in [-0.15, -0.1) is 0 Å². The van der Waals surface area contributed by atoms with Crippen LogP contribution >= 0.6 is 0 Å². The van der Waals surface area contributed by atoms with Crippen molar-refractivity contribution in [1.29, 1.82) is 0 Å². The average molecular weight is 258 g/mol. The first-order valence-electron chi connectivity index (χ1n) is 6.60. The number of nitrogens with zero attached hydrogens (tertiary/aromatic N) is 2. The third-order valence-electron chi connectivity index (χ3n) is 3.46. The van der Waals surface area contributed by atoms with Crippen molar-refractivity contribution in [2.45, 2.75) is 12.5 Å². The maximum Gasteiger partial charge on any atom is 0.248 e. The van der Waals surface area contributed by atoms with Crippen LogP contribution in [0.25, 0.3) is 0 Å². The molecule has 2 fully saturated rings. The molecule has 6 heteroatoms. The second-order valence-electron chi connectivity index (χ2n) is 4.74. The Balaban J connectivity index is 1.73. The van der Waals surface area contributed by atoms with E-state index >= 15 is 0 Å². The van der Waals surface area contributed by atoms with Crippen LogP contribution in [0.2, 0.25) is 0 Å². The lowest BCUT2D eigenvalue weighted by Gasteiger charge is -2.35. The number of carbonyl (C=O) groups excluding carboxylic acids is 1. The summed E-state index contributed by atoms with van der Waals surface area (Å²) in [5.74, 6) is 0.0532. The highest BCUT2D eigenvalue weighted by Gasteiger charge is 2.26. The Kier molecular flexibility index (Phi) is 5.37. The fourth-order valence-corrected chi connectivity index (χ4v) is 2.30. The molecule has 0 aromatic heterocycles. The zero-order valence-electron chi connectivity index (χ0n) is 10.7. The molecule has 2 heterocycles. The molecular weight excluding hydrogens is 236 g/mol. The minimum atomic E-state index is -0.0163. The molecule has 1 unspecified atom stereocenters. The molecule has 1 N–H and O–H groups in total. The van der Waals surface area contributed by atoms with Crippen LogP contribution in [0, 0.1) is 0 Å². The maximum atomic E-state index is 11.7. The summed E-state index contributed by atoms with van der Waals surface area (Å²) in [4.78, 5) is 15.9. The van der Waals surface area contributed by atoms with Crippen molar-refractivity contribution >= 4 is 5.91 Å². The van der Waals surface area contributed by atoms with Gasteiger partial charge in [0.2, 0.25) is 5.91 Å². The fourth-order valence-electron chi connectivity index (χ4n) is 2.30. The summed E-state index contributed by atoms with van der Waals surface area (Å²) in [7, 11) is 0. The van der Waals surface area contributed by atoms with Crippen LogP contribution in [0.3, 0.4) is 0 Å². The van der Waals surface area contributed by atoms with Gasteiger partial charge in [0.05, 0.1) is 19.3 Å². The number of rotatable bonds is 5. The molecule has 2 aliphatic rings. The van der Waals surface area contributed by atoms with Crippen LogP contribution in [-0.2, 0) is 14.3 Å². The predicted molar refractivity (Wildman–Crippen MR) is 65.3 cm³/mol. The van der Waals surface area contributed by atoms with E-state index in [0.717, 1.165) is 39.4 Å². The first kappa shape index (κ1) is 13.7. The van der Waals surface area contributed by atoms with Crippen LogP contribution in [0.15, 0.2) is 0 Å². The molecule has 6 nitrogen and oxygen atoms in total. The molecule has 0 saturated carbocycles. The molecule has 0 radical (unpaired) electrons. The highest BCUT2D eigenvalue weighted by molar-refractivity contribution is 5.78. The molecule has 0 aromatic carbocycles. The van der Waals surface area contributed by atoms with Crippen molar-refractivity contribution in [2.24, 2.45) is 0 Å². The molecule has 2 aliphatic heterocycles. The molecule has 2 saturated heterocycles. The summed E-state index contributed by atoms with van der Waals surface area (Å²) in [6.45, 7) is 5.93. The Labute approximate surface area is 107 Å². The van der Waals surface area contributed by atoms with E-state index < -0.39 is 0 Å². The van der Waals surface area contributed by atoms with E-state index in [0.29, 0.717) is 13.0 Å². The Morgan fingerprint density at radius 3 is 2.78 bits per heavy atom. The number of morpholine rings is 2. The SMILES string of the molecule is O=C1COC(CCO)CN1CCN1CCOCC1. The van der Waals surface area contributed by atoms with Gasteiger partial charge in [-0.3, -0.25) is 9.69 Å². The van der Waals surface area contributed by atoms with Crippen molar-refractivity contribution in [3.63, 3.8) is 0 Å². The van der Waals surface area contributed by atoms with Gasteiger partial charge in [-0.1, -0.05) is 0 Å². The van der Waals surface area contributed by atoms with E-state index in [1.807, 2.05) is 4.90 Å². The summed E-state index contributed by atoms with van der Waals surface area (Å²) in [6, 6.07) is 0. The van der Waals surface area contributed by atoms with Gasteiger partial charge in [0.1, 0.15) is 6.61 Å². The number of ether oxygens (including phenoxy) is 2.